The molecule has 0 aliphatic heterocycles. The van der Waals surface area contributed by atoms with Gasteiger partial charge in [0.25, 0.3) is 5.56 Å². The van der Waals surface area contributed by atoms with Gasteiger partial charge in [0.05, 0.1) is 5.69 Å². The molecule has 1 heterocycles. The van der Waals surface area contributed by atoms with Gasteiger partial charge in [-0.1, -0.05) is 19.9 Å². The third kappa shape index (κ3) is 3.58. The number of nitrogens with one attached hydrogen (secondary N) is 1. The first-order valence-corrected chi connectivity index (χ1v) is 7.25. The molecule has 21 heavy (non-hydrogen) atoms. The quantitative estimate of drug-likeness (QED) is 0.917. The molecule has 1 N–H and O–H groups in total. The minimum Gasteiger partial charge on any atom is -0.310 e. The van der Waals surface area contributed by atoms with Crippen molar-refractivity contribution in [2.45, 2.75) is 39.9 Å². The van der Waals surface area contributed by atoms with Crippen molar-refractivity contribution in [1.29, 1.82) is 0 Å². The van der Waals surface area contributed by atoms with Gasteiger partial charge in [-0.2, -0.15) is 0 Å². The van der Waals surface area contributed by atoms with Gasteiger partial charge in [0, 0.05) is 24.7 Å². The maximum Gasteiger partial charge on any atom is 0.255 e. The summed E-state index contributed by atoms with van der Waals surface area (Å²) in [5, 5.41) is 3.26. The minimum absolute atomic E-state index is 0.00692. The van der Waals surface area contributed by atoms with Gasteiger partial charge in [0.15, 0.2) is 0 Å². The number of halogens is 1. The Bertz CT molecular complexity index is 659. The molecular formula is C17H21FN2O. The lowest BCUT2D eigenvalue weighted by molar-refractivity contribution is 0.580. The van der Waals surface area contributed by atoms with E-state index >= 15 is 0 Å². The Hall–Kier alpha value is -1.94. The van der Waals surface area contributed by atoms with Crippen LogP contribution < -0.4 is 10.9 Å². The number of rotatable bonds is 5. The third-order valence-electron chi connectivity index (χ3n) is 3.41. The second kappa shape index (κ2) is 6.68. The van der Waals surface area contributed by atoms with E-state index in [1.165, 1.54) is 12.1 Å². The Balaban J connectivity index is 2.42. The molecule has 3 nitrogen and oxygen atoms in total. The van der Waals surface area contributed by atoms with E-state index in [-0.39, 0.29) is 11.4 Å². The number of hydrogen-bond donors (Lipinski definition) is 1. The molecule has 0 spiro atoms. The fourth-order valence-electron chi connectivity index (χ4n) is 2.26. The van der Waals surface area contributed by atoms with Crippen LogP contribution in [0.1, 0.15) is 26.3 Å². The van der Waals surface area contributed by atoms with Gasteiger partial charge in [-0.15, -0.1) is 0 Å². The molecule has 1 aromatic heterocycles. The lowest BCUT2D eigenvalue weighted by Gasteiger charge is -2.14. The second-order valence-electron chi connectivity index (χ2n) is 5.34. The van der Waals surface area contributed by atoms with E-state index in [9.17, 15) is 9.18 Å². The van der Waals surface area contributed by atoms with E-state index in [0.717, 1.165) is 16.8 Å². The van der Waals surface area contributed by atoms with Crippen LogP contribution in [0.5, 0.6) is 0 Å². The second-order valence-corrected chi connectivity index (χ2v) is 5.34. The molecule has 0 fully saturated rings. The molecule has 0 saturated carbocycles. The average molecular weight is 288 g/mol. The molecule has 0 bridgehead atoms. The van der Waals surface area contributed by atoms with Crippen molar-refractivity contribution in [2.24, 2.45) is 0 Å². The standard InChI is InChI=1S/C17H21FN2O/c1-4-20-16(13-5-8-15(18)9-6-13)10-7-14(17(20)21)11-19-12(2)3/h5-10,12,19H,4,11H2,1-3H3. The molecule has 0 amide bonds. The summed E-state index contributed by atoms with van der Waals surface area (Å²) in [6.45, 7) is 7.17. The largest absolute Gasteiger partial charge is 0.310 e. The topological polar surface area (TPSA) is 34.0 Å². The molecule has 0 unspecified atom stereocenters. The molecule has 4 heteroatoms. The van der Waals surface area contributed by atoms with Crippen LogP contribution in [0.2, 0.25) is 0 Å². The normalized spacial score (nSPS) is 11.1. The average Bonchev–Trinajstić information content (AvgIpc) is 2.46. The van der Waals surface area contributed by atoms with Crippen LogP contribution in [-0.4, -0.2) is 10.6 Å². The zero-order valence-electron chi connectivity index (χ0n) is 12.7. The van der Waals surface area contributed by atoms with E-state index in [2.05, 4.69) is 5.32 Å². The fourth-order valence-corrected chi connectivity index (χ4v) is 2.26. The van der Waals surface area contributed by atoms with Crippen molar-refractivity contribution < 1.29 is 4.39 Å². The Labute approximate surface area is 124 Å². The van der Waals surface area contributed by atoms with Crippen molar-refractivity contribution in [1.82, 2.24) is 9.88 Å². The summed E-state index contributed by atoms with van der Waals surface area (Å²) in [7, 11) is 0. The summed E-state index contributed by atoms with van der Waals surface area (Å²) in [5.41, 5.74) is 2.42. The van der Waals surface area contributed by atoms with Crippen LogP contribution in [0, 0.1) is 5.82 Å². The first-order valence-electron chi connectivity index (χ1n) is 7.25. The summed E-state index contributed by atoms with van der Waals surface area (Å²) in [4.78, 5) is 12.5. The highest BCUT2D eigenvalue weighted by Crippen LogP contribution is 2.18. The molecular weight excluding hydrogens is 267 g/mol. The van der Waals surface area contributed by atoms with Crippen molar-refractivity contribution in [3.63, 3.8) is 0 Å². The summed E-state index contributed by atoms with van der Waals surface area (Å²) >= 11 is 0. The van der Waals surface area contributed by atoms with Gasteiger partial charge in [-0.25, -0.2) is 4.39 Å². The summed E-state index contributed by atoms with van der Waals surface area (Å²) in [6.07, 6.45) is 0. The van der Waals surface area contributed by atoms with Crippen LogP contribution in [-0.2, 0) is 13.1 Å². The molecule has 0 radical (unpaired) electrons. The first kappa shape index (κ1) is 15.4. The summed E-state index contributed by atoms with van der Waals surface area (Å²) in [5.74, 6) is -0.276. The van der Waals surface area contributed by atoms with Gasteiger partial charge in [-0.05, 0) is 42.8 Å². The van der Waals surface area contributed by atoms with E-state index in [0.29, 0.717) is 19.1 Å². The number of pyridine rings is 1. The van der Waals surface area contributed by atoms with Crippen LogP contribution in [0.4, 0.5) is 4.39 Å². The van der Waals surface area contributed by atoms with E-state index in [4.69, 9.17) is 0 Å². The van der Waals surface area contributed by atoms with Crippen molar-refractivity contribution in [3.8, 4) is 11.3 Å². The van der Waals surface area contributed by atoms with Gasteiger partial charge >= 0.3 is 0 Å². The Morgan fingerprint density at radius 3 is 2.38 bits per heavy atom. The van der Waals surface area contributed by atoms with Crippen molar-refractivity contribution in [2.75, 3.05) is 0 Å². The predicted molar refractivity (Wildman–Crippen MR) is 83.7 cm³/mol. The van der Waals surface area contributed by atoms with Crippen LogP contribution in [0.3, 0.4) is 0 Å². The first-order chi connectivity index (χ1) is 10.0. The van der Waals surface area contributed by atoms with Crippen LogP contribution in [0.25, 0.3) is 11.3 Å². The van der Waals surface area contributed by atoms with Crippen LogP contribution >= 0.6 is 0 Å². The monoisotopic (exact) mass is 288 g/mol. The smallest absolute Gasteiger partial charge is 0.255 e. The number of hydrogen-bond acceptors (Lipinski definition) is 2. The van der Waals surface area contributed by atoms with Crippen LogP contribution in [0.15, 0.2) is 41.2 Å². The number of aromatic nitrogens is 1. The lowest BCUT2D eigenvalue weighted by Crippen LogP contribution is -2.30. The van der Waals surface area contributed by atoms with Crippen molar-refractivity contribution in [3.05, 3.63) is 58.1 Å². The summed E-state index contributed by atoms with van der Waals surface area (Å²) < 4.78 is 14.8. The van der Waals surface area contributed by atoms with Gasteiger partial charge in [0.2, 0.25) is 0 Å². The fraction of sp³-hybridized carbons (Fsp3) is 0.353. The van der Waals surface area contributed by atoms with E-state index in [1.54, 1.807) is 16.7 Å². The lowest BCUT2D eigenvalue weighted by atomic mass is 10.1. The van der Waals surface area contributed by atoms with Gasteiger partial charge in [-0.3, -0.25) is 4.79 Å². The highest BCUT2D eigenvalue weighted by molar-refractivity contribution is 5.59. The number of nitrogens with zero attached hydrogens (tertiary/aromatic N) is 1. The SMILES string of the molecule is CCn1c(-c2ccc(F)cc2)ccc(CNC(C)C)c1=O. The molecule has 112 valence electrons. The van der Waals surface area contributed by atoms with E-state index < -0.39 is 0 Å². The van der Waals surface area contributed by atoms with Gasteiger partial charge < -0.3 is 9.88 Å². The van der Waals surface area contributed by atoms with E-state index in [1.807, 2.05) is 32.9 Å². The highest BCUT2D eigenvalue weighted by atomic mass is 19.1. The molecule has 0 atom stereocenters. The van der Waals surface area contributed by atoms with Crippen molar-refractivity contribution >= 4 is 0 Å². The molecule has 2 rings (SSSR count). The highest BCUT2D eigenvalue weighted by Gasteiger charge is 2.09. The third-order valence-corrected chi connectivity index (χ3v) is 3.41. The zero-order chi connectivity index (χ0) is 15.4. The maximum absolute atomic E-state index is 13.0. The molecule has 0 aliphatic carbocycles. The summed E-state index contributed by atoms with van der Waals surface area (Å²) in [6, 6.07) is 10.3. The Morgan fingerprint density at radius 2 is 1.81 bits per heavy atom. The predicted octanol–water partition coefficient (Wildman–Crippen LogP) is 3.17. The minimum atomic E-state index is -0.276. The molecule has 0 aliphatic rings. The molecule has 2 aromatic rings. The van der Waals surface area contributed by atoms with Gasteiger partial charge in [0.1, 0.15) is 5.82 Å². The maximum atomic E-state index is 13.0. The zero-order valence-corrected chi connectivity index (χ0v) is 12.7. The molecule has 1 aromatic carbocycles. The Morgan fingerprint density at radius 1 is 1.14 bits per heavy atom. The number of benzene rings is 1. The molecule has 0 saturated heterocycles. The Kier molecular flexibility index (Phi) is 4.91.